The van der Waals surface area contributed by atoms with Gasteiger partial charge in [-0.3, -0.25) is 4.79 Å². The molecule has 7 nitrogen and oxygen atoms in total. The maximum Gasteiger partial charge on any atom is 0.355 e. The van der Waals surface area contributed by atoms with E-state index in [2.05, 4.69) is 10.3 Å². The van der Waals surface area contributed by atoms with Gasteiger partial charge in [-0.1, -0.05) is 0 Å². The van der Waals surface area contributed by atoms with Crippen molar-refractivity contribution in [2.45, 2.75) is 33.8 Å². The van der Waals surface area contributed by atoms with Crippen LogP contribution < -0.4 is 5.32 Å². The summed E-state index contributed by atoms with van der Waals surface area (Å²) in [6, 6.07) is 5.19. The van der Waals surface area contributed by atoms with Crippen molar-refractivity contribution in [2.24, 2.45) is 0 Å². The lowest BCUT2D eigenvalue weighted by atomic mass is 10.1. The van der Waals surface area contributed by atoms with E-state index in [4.69, 9.17) is 9.47 Å². The number of benzene rings is 1. The minimum absolute atomic E-state index is 0.0805. The van der Waals surface area contributed by atoms with E-state index in [1.807, 2.05) is 0 Å². The van der Waals surface area contributed by atoms with Crippen molar-refractivity contribution < 1.29 is 28.2 Å². The zero-order valence-corrected chi connectivity index (χ0v) is 15.5. The molecule has 144 valence electrons. The SMILES string of the molecule is CCOC(=O)c1c(C)[nH]c(C(=O)O[C@H](C)C(=O)Nc2ccc(F)cc2)c1C. The van der Waals surface area contributed by atoms with E-state index in [0.29, 0.717) is 16.9 Å². The Morgan fingerprint density at radius 2 is 1.78 bits per heavy atom. The first-order valence-electron chi connectivity index (χ1n) is 8.38. The number of nitrogens with one attached hydrogen (secondary N) is 2. The van der Waals surface area contributed by atoms with Gasteiger partial charge >= 0.3 is 11.9 Å². The van der Waals surface area contributed by atoms with Gasteiger partial charge in [-0.2, -0.15) is 0 Å². The van der Waals surface area contributed by atoms with Crippen LogP contribution in [0.3, 0.4) is 0 Å². The van der Waals surface area contributed by atoms with Crippen molar-refractivity contribution in [3.8, 4) is 0 Å². The van der Waals surface area contributed by atoms with E-state index in [1.165, 1.54) is 31.2 Å². The van der Waals surface area contributed by atoms with Crippen molar-refractivity contribution in [3.05, 3.63) is 52.6 Å². The van der Waals surface area contributed by atoms with Crippen molar-refractivity contribution >= 4 is 23.5 Å². The summed E-state index contributed by atoms with van der Waals surface area (Å²) < 4.78 is 23.1. The van der Waals surface area contributed by atoms with Crippen LogP contribution in [0.1, 0.15) is 46.0 Å². The molecule has 0 aliphatic rings. The molecule has 2 N–H and O–H groups in total. The zero-order chi connectivity index (χ0) is 20.1. The second kappa shape index (κ2) is 8.48. The highest BCUT2D eigenvalue weighted by molar-refractivity contribution is 6.00. The van der Waals surface area contributed by atoms with Crippen LogP contribution in [0.2, 0.25) is 0 Å². The number of ether oxygens (including phenoxy) is 2. The van der Waals surface area contributed by atoms with Crippen molar-refractivity contribution in [3.63, 3.8) is 0 Å². The highest BCUT2D eigenvalue weighted by atomic mass is 19.1. The number of halogens is 1. The minimum Gasteiger partial charge on any atom is -0.462 e. The number of rotatable bonds is 6. The maximum absolute atomic E-state index is 12.9. The van der Waals surface area contributed by atoms with E-state index in [1.54, 1.807) is 20.8 Å². The van der Waals surface area contributed by atoms with Crippen LogP contribution in [0.4, 0.5) is 10.1 Å². The number of H-pyrrole nitrogens is 1. The summed E-state index contributed by atoms with van der Waals surface area (Å²) in [6.45, 7) is 6.54. The summed E-state index contributed by atoms with van der Waals surface area (Å²) in [7, 11) is 0. The number of hydrogen-bond acceptors (Lipinski definition) is 5. The summed E-state index contributed by atoms with van der Waals surface area (Å²) in [5, 5.41) is 2.52. The minimum atomic E-state index is -1.10. The Morgan fingerprint density at radius 3 is 2.37 bits per heavy atom. The van der Waals surface area contributed by atoms with E-state index in [0.717, 1.165) is 0 Å². The molecule has 2 aromatic rings. The highest BCUT2D eigenvalue weighted by Gasteiger charge is 2.26. The molecular formula is C19H21FN2O5. The van der Waals surface area contributed by atoms with Gasteiger partial charge in [-0.15, -0.1) is 0 Å². The predicted molar refractivity (Wildman–Crippen MR) is 96.1 cm³/mol. The van der Waals surface area contributed by atoms with Crippen LogP contribution in [0.5, 0.6) is 0 Å². The van der Waals surface area contributed by atoms with Gasteiger partial charge in [0, 0.05) is 11.4 Å². The molecule has 2 rings (SSSR count). The standard InChI is InChI=1S/C19H21FN2O5/c1-5-26-18(24)15-10(2)16(21-11(15)3)19(25)27-12(4)17(23)22-14-8-6-13(20)7-9-14/h6-9,12,21H,5H2,1-4H3,(H,22,23)/t12-/m1/s1. The molecule has 0 radical (unpaired) electrons. The van der Waals surface area contributed by atoms with Gasteiger partial charge in [-0.05, 0) is 57.5 Å². The molecule has 1 aromatic heterocycles. The fourth-order valence-electron chi connectivity index (χ4n) is 2.51. The Labute approximate surface area is 155 Å². The predicted octanol–water partition coefficient (Wildman–Crippen LogP) is 3.13. The number of aromatic amines is 1. The fourth-order valence-corrected chi connectivity index (χ4v) is 2.51. The summed E-state index contributed by atoms with van der Waals surface area (Å²) in [5.74, 6) is -2.30. The first-order chi connectivity index (χ1) is 12.7. The molecule has 1 amide bonds. The molecule has 1 aromatic carbocycles. The Hall–Kier alpha value is -3.16. The van der Waals surface area contributed by atoms with Crippen molar-refractivity contribution in [1.29, 1.82) is 0 Å². The summed E-state index contributed by atoms with van der Waals surface area (Å²) in [4.78, 5) is 39.3. The summed E-state index contributed by atoms with van der Waals surface area (Å²) in [5.41, 5.74) is 1.59. The third-order valence-corrected chi connectivity index (χ3v) is 3.89. The average Bonchev–Trinajstić information content (AvgIpc) is 2.91. The lowest BCUT2D eigenvalue weighted by Gasteiger charge is -2.13. The van der Waals surface area contributed by atoms with Crippen molar-refractivity contribution in [2.75, 3.05) is 11.9 Å². The molecule has 0 bridgehead atoms. The van der Waals surface area contributed by atoms with Crippen LogP contribution in [-0.4, -0.2) is 35.5 Å². The Balaban J connectivity index is 2.07. The second-order valence-corrected chi connectivity index (χ2v) is 5.89. The number of carbonyl (C=O) groups excluding carboxylic acids is 3. The van der Waals surface area contributed by atoms with Gasteiger partial charge in [0.05, 0.1) is 12.2 Å². The van der Waals surface area contributed by atoms with Crippen LogP contribution in [0, 0.1) is 19.7 Å². The monoisotopic (exact) mass is 376 g/mol. The van der Waals surface area contributed by atoms with Crippen molar-refractivity contribution in [1.82, 2.24) is 4.98 Å². The molecule has 0 spiro atoms. The number of hydrogen-bond donors (Lipinski definition) is 2. The van der Waals surface area contributed by atoms with E-state index in [-0.39, 0.29) is 17.9 Å². The van der Waals surface area contributed by atoms with Crippen LogP contribution in [-0.2, 0) is 14.3 Å². The molecule has 0 unspecified atom stereocenters. The average molecular weight is 376 g/mol. The first kappa shape index (κ1) is 20.2. The molecule has 27 heavy (non-hydrogen) atoms. The largest absolute Gasteiger partial charge is 0.462 e. The number of aromatic nitrogens is 1. The molecule has 1 atom stereocenters. The smallest absolute Gasteiger partial charge is 0.355 e. The topological polar surface area (TPSA) is 97.5 Å². The summed E-state index contributed by atoms with van der Waals surface area (Å²) >= 11 is 0. The van der Waals surface area contributed by atoms with E-state index >= 15 is 0 Å². The number of carbonyl (C=O) groups is 3. The van der Waals surface area contributed by atoms with E-state index < -0.39 is 29.8 Å². The van der Waals surface area contributed by atoms with Crippen LogP contribution in [0.25, 0.3) is 0 Å². The lowest BCUT2D eigenvalue weighted by molar-refractivity contribution is -0.123. The maximum atomic E-state index is 12.9. The molecule has 1 heterocycles. The Morgan fingerprint density at radius 1 is 1.15 bits per heavy atom. The van der Waals surface area contributed by atoms with Gasteiger partial charge in [0.25, 0.3) is 5.91 Å². The number of esters is 2. The zero-order valence-electron chi connectivity index (χ0n) is 15.5. The van der Waals surface area contributed by atoms with Gasteiger partial charge in [0.1, 0.15) is 11.5 Å². The number of aryl methyl sites for hydroxylation is 1. The Kier molecular flexibility index (Phi) is 6.33. The van der Waals surface area contributed by atoms with Gasteiger partial charge in [0.2, 0.25) is 0 Å². The first-order valence-corrected chi connectivity index (χ1v) is 8.38. The molecule has 0 aliphatic heterocycles. The normalized spacial score (nSPS) is 11.6. The number of amides is 1. The summed E-state index contributed by atoms with van der Waals surface area (Å²) in [6.07, 6.45) is -1.10. The van der Waals surface area contributed by atoms with E-state index in [9.17, 15) is 18.8 Å². The van der Waals surface area contributed by atoms with Gasteiger partial charge in [0.15, 0.2) is 6.10 Å². The third-order valence-electron chi connectivity index (χ3n) is 3.89. The molecular weight excluding hydrogens is 355 g/mol. The second-order valence-electron chi connectivity index (χ2n) is 5.89. The number of anilines is 1. The highest BCUT2D eigenvalue weighted by Crippen LogP contribution is 2.20. The van der Waals surface area contributed by atoms with Crippen LogP contribution >= 0.6 is 0 Å². The van der Waals surface area contributed by atoms with Crippen LogP contribution in [0.15, 0.2) is 24.3 Å². The van der Waals surface area contributed by atoms with Gasteiger partial charge in [-0.25, -0.2) is 14.0 Å². The molecule has 0 saturated carbocycles. The fraction of sp³-hybridized carbons (Fsp3) is 0.316. The lowest BCUT2D eigenvalue weighted by Crippen LogP contribution is -2.30. The third kappa shape index (κ3) is 4.72. The molecule has 0 fully saturated rings. The molecule has 0 saturated heterocycles. The molecule has 8 heteroatoms. The quantitative estimate of drug-likeness (QED) is 0.755. The Bertz CT molecular complexity index is 858. The molecule has 0 aliphatic carbocycles. The van der Waals surface area contributed by atoms with Gasteiger partial charge < -0.3 is 19.8 Å².